The van der Waals surface area contributed by atoms with Gasteiger partial charge in [0.2, 0.25) is 6.79 Å². The van der Waals surface area contributed by atoms with Gasteiger partial charge in [-0.1, -0.05) is 18.2 Å². The number of phenolic OH excluding ortho intramolecular Hbond substituents is 1. The van der Waals surface area contributed by atoms with Crippen molar-refractivity contribution >= 4 is 5.69 Å². The summed E-state index contributed by atoms with van der Waals surface area (Å²) in [6.07, 6.45) is 1.06. The molecule has 0 amide bonds. The molecule has 4 rings (SSSR count). The van der Waals surface area contributed by atoms with Crippen LogP contribution in [0.4, 0.5) is 5.69 Å². The normalized spacial score (nSPS) is 15.5. The van der Waals surface area contributed by atoms with Crippen LogP contribution in [0.25, 0.3) is 0 Å². The van der Waals surface area contributed by atoms with Gasteiger partial charge in [0.05, 0.1) is 0 Å². The van der Waals surface area contributed by atoms with Crippen LogP contribution in [-0.4, -0.2) is 18.4 Å². The Kier molecular flexibility index (Phi) is 2.49. The first kappa shape index (κ1) is 11.5. The van der Waals surface area contributed by atoms with Gasteiger partial charge < -0.3 is 19.5 Å². The van der Waals surface area contributed by atoms with Gasteiger partial charge >= 0.3 is 0 Å². The molecule has 2 aromatic carbocycles. The predicted molar refractivity (Wildman–Crippen MR) is 75.4 cm³/mol. The van der Waals surface area contributed by atoms with Crippen molar-refractivity contribution in [2.24, 2.45) is 0 Å². The van der Waals surface area contributed by atoms with Crippen LogP contribution in [0.15, 0.2) is 36.4 Å². The summed E-state index contributed by atoms with van der Waals surface area (Å²) in [5, 5.41) is 10.1. The summed E-state index contributed by atoms with van der Waals surface area (Å²) in [6, 6.07) is 11.9. The Morgan fingerprint density at radius 2 is 1.90 bits per heavy atom. The lowest BCUT2D eigenvalue weighted by molar-refractivity contribution is 0.174. The molecule has 0 atom stereocenters. The maximum Gasteiger partial charge on any atom is 0.231 e. The third-order valence-electron chi connectivity index (χ3n) is 3.92. The van der Waals surface area contributed by atoms with E-state index in [-0.39, 0.29) is 12.5 Å². The Morgan fingerprint density at radius 3 is 2.80 bits per heavy atom. The summed E-state index contributed by atoms with van der Waals surface area (Å²) in [4.78, 5) is 2.28. The van der Waals surface area contributed by atoms with Crippen LogP contribution in [-0.2, 0) is 13.0 Å². The fourth-order valence-electron chi connectivity index (χ4n) is 2.88. The summed E-state index contributed by atoms with van der Waals surface area (Å²) in [6.45, 7) is 1.89. The van der Waals surface area contributed by atoms with Crippen molar-refractivity contribution in [3.05, 3.63) is 47.5 Å². The molecule has 4 nitrogen and oxygen atoms in total. The molecule has 0 spiro atoms. The average Bonchev–Trinajstić information content (AvgIpc) is 3.06. The highest BCUT2D eigenvalue weighted by molar-refractivity contribution is 5.59. The lowest BCUT2D eigenvalue weighted by atomic mass is 10.1. The molecule has 1 N–H and O–H groups in total. The zero-order valence-electron chi connectivity index (χ0n) is 11.0. The topological polar surface area (TPSA) is 41.9 Å². The Hall–Kier alpha value is -2.36. The van der Waals surface area contributed by atoms with Gasteiger partial charge in [0.15, 0.2) is 11.5 Å². The number of benzene rings is 2. The van der Waals surface area contributed by atoms with E-state index in [1.165, 1.54) is 11.3 Å². The van der Waals surface area contributed by atoms with Gasteiger partial charge in [-0.15, -0.1) is 0 Å². The van der Waals surface area contributed by atoms with Gasteiger partial charge in [0.1, 0.15) is 5.75 Å². The zero-order chi connectivity index (χ0) is 13.5. The molecule has 0 unspecified atom stereocenters. The minimum absolute atomic E-state index is 0.227. The van der Waals surface area contributed by atoms with Crippen molar-refractivity contribution < 1.29 is 14.6 Å². The standard InChI is InChI=1S/C16H15NO3/c18-14-8-16-15(19-10-20-16)7-12(14)9-17-6-5-11-3-1-2-4-13(11)17/h1-4,7-8,18H,5-6,9-10H2. The van der Waals surface area contributed by atoms with E-state index in [2.05, 4.69) is 29.2 Å². The summed E-state index contributed by atoms with van der Waals surface area (Å²) >= 11 is 0. The SMILES string of the molecule is Oc1cc2c(cc1CN1CCc3ccccc31)OCO2. The first-order valence-corrected chi connectivity index (χ1v) is 6.75. The average molecular weight is 269 g/mol. The van der Waals surface area contributed by atoms with Crippen molar-refractivity contribution in [3.63, 3.8) is 0 Å². The molecule has 0 radical (unpaired) electrons. The van der Waals surface area contributed by atoms with Crippen molar-refractivity contribution in [1.29, 1.82) is 0 Å². The number of nitrogens with zero attached hydrogens (tertiary/aromatic N) is 1. The fraction of sp³-hybridized carbons (Fsp3) is 0.250. The third kappa shape index (κ3) is 1.76. The molecule has 0 saturated carbocycles. The number of anilines is 1. The van der Waals surface area contributed by atoms with E-state index in [0.717, 1.165) is 18.5 Å². The number of hydrogen-bond donors (Lipinski definition) is 1. The number of aromatic hydroxyl groups is 1. The molecule has 0 bridgehead atoms. The number of ether oxygens (including phenoxy) is 2. The molecular weight excluding hydrogens is 254 g/mol. The Balaban J connectivity index is 1.64. The lowest BCUT2D eigenvalue weighted by Crippen LogP contribution is -2.19. The van der Waals surface area contributed by atoms with Crippen molar-refractivity contribution in [2.45, 2.75) is 13.0 Å². The molecule has 2 aliphatic rings. The van der Waals surface area contributed by atoms with E-state index < -0.39 is 0 Å². The smallest absolute Gasteiger partial charge is 0.231 e. The van der Waals surface area contributed by atoms with E-state index in [1.54, 1.807) is 6.07 Å². The lowest BCUT2D eigenvalue weighted by Gasteiger charge is -2.20. The maximum absolute atomic E-state index is 10.1. The summed E-state index contributed by atoms with van der Waals surface area (Å²) < 4.78 is 10.6. The second-order valence-corrected chi connectivity index (χ2v) is 5.13. The highest BCUT2D eigenvalue weighted by Gasteiger charge is 2.22. The molecule has 2 heterocycles. The van der Waals surface area contributed by atoms with Crippen LogP contribution in [0.2, 0.25) is 0 Å². The Bertz CT molecular complexity index is 669. The molecule has 0 aliphatic carbocycles. The number of fused-ring (bicyclic) bond motifs is 2. The third-order valence-corrected chi connectivity index (χ3v) is 3.92. The van der Waals surface area contributed by atoms with Gasteiger partial charge in [-0.25, -0.2) is 0 Å². The van der Waals surface area contributed by atoms with Gasteiger partial charge in [-0.3, -0.25) is 0 Å². The van der Waals surface area contributed by atoms with Gasteiger partial charge in [-0.2, -0.15) is 0 Å². The molecule has 102 valence electrons. The molecule has 2 aromatic rings. The van der Waals surface area contributed by atoms with E-state index in [0.29, 0.717) is 18.0 Å². The first-order valence-electron chi connectivity index (χ1n) is 6.75. The molecular formula is C16H15NO3. The molecule has 4 heteroatoms. The van der Waals surface area contributed by atoms with E-state index in [4.69, 9.17) is 9.47 Å². The van der Waals surface area contributed by atoms with Crippen molar-refractivity contribution in [1.82, 2.24) is 0 Å². The minimum Gasteiger partial charge on any atom is -0.507 e. The van der Waals surface area contributed by atoms with Crippen LogP contribution in [0.5, 0.6) is 17.2 Å². The van der Waals surface area contributed by atoms with Crippen LogP contribution < -0.4 is 14.4 Å². The van der Waals surface area contributed by atoms with Gasteiger partial charge in [0, 0.05) is 30.4 Å². The maximum atomic E-state index is 10.1. The van der Waals surface area contributed by atoms with Crippen molar-refractivity contribution in [2.75, 3.05) is 18.2 Å². The number of phenols is 1. The molecule has 0 fully saturated rings. The second-order valence-electron chi connectivity index (χ2n) is 5.13. The van der Waals surface area contributed by atoms with Crippen molar-refractivity contribution in [3.8, 4) is 17.2 Å². The van der Waals surface area contributed by atoms with E-state index in [1.807, 2.05) is 6.07 Å². The fourth-order valence-corrected chi connectivity index (χ4v) is 2.88. The molecule has 0 aromatic heterocycles. The summed E-state index contributed by atoms with van der Waals surface area (Å²) in [5.41, 5.74) is 3.49. The van der Waals surface area contributed by atoms with Crippen LogP contribution in [0.3, 0.4) is 0 Å². The van der Waals surface area contributed by atoms with E-state index in [9.17, 15) is 5.11 Å². The second kappa shape index (κ2) is 4.34. The number of hydrogen-bond acceptors (Lipinski definition) is 4. The first-order chi connectivity index (χ1) is 9.81. The molecule has 20 heavy (non-hydrogen) atoms. The number of rotatable bonds is 2. The van der Waals surface area contributed by atoms with Crippen LogP contribution in [0, 0.1) is 0 Å². The van der Waals surface area contributed by atoms with Crippen LogP contribution in [0.1, 0.15) is 11.1 Å². The van der Waals surface area contributed by atoms with Gasteiger partial charge in [-0.05, 0) is 24.1 Å². The van der Waals surface area contributed by atoms with E-state index >= 15 is 0 Å². The Labute approximate surface area is 117 Å². The predicted octanol–water partition coefficient (Wildman–Crippen LogP) is 2.68. The summed E-state index contributed by atoms with van der Waals surface area (Å²) in [7, 11) is 0. The number of para-hydroxylation sites is 1. The molecule has 2 aliphatic heterocycles. The Morgan fingerprint density at radius 1 is 1.10 bits per heavy atom. The quantitative estimate of drug-likeness (QED) is 0.910. The molecule has 0 saturated heterocycles. The van der Waals surface area contributed by atoms with Gasteiger partial charge in [0.25, 0.3) is 0 Å². The summed E-state index contributed by atoms with van der Waals surface area (Å²) in [5.74, 6) is 1.59. The highest BCUT2D eigenvalue weighted by Crippen LogP contribution is 2.39. The highest BCUT2D eigenvalue weighted by atomic mass is 16.7. The largest absolute Gasteiger partial charge is 0.507 e. The zero-order valence-corrected chi connectivity index (χ0v) is 11.0. The monoisotopic (exact) mass is 269 g/mol. The minimum atomic E-state index is 0.227. The van der Waals surface area contributed by atoms with Crippen LogP contribution >= 0.6 is 0 Å².